The molecule has 1 aromatic heterocycles. The first-order valence-electron chi connectivity index (χ1n) is 9.95. The SMILES string of the molecule is COc1cccc2cc(C(=O)NCC3CCN(C(=O)c4ccccc4F)CC3)oc12. The van der Waals surface area contributed by atoms with E-state index in [-0.39, 0.29) is 29.1 Å². The minimum atomic E-state index is -0.501. The number of hydrogen-bond donors (Lipinski definition) is 1. The van der Waals surface area contributed by atoms with Gasteiger partial charge in [-0.1, -0.05) is 24.3 Å². The van der Waals surface area contributed by atoms with Gasteiger partial charge in [0.2, 0.25) is 0 Å². The molecule has 0 atom stereocenters. The van der Waals surface area contributed by atoms with Gasteiger partial charge in [-0.25, -0.2) is 4.39 Å². The molecule has 7 heteroatoms. The molecule has 1 aliphatic heterocycles. The lowest BCUT2D eigenvalue weighted by atomic mass is 9.96. The predicted molar refractivity (Wildman–Crippen MR) is 110 cm³/mol. The van der Waals surface area contributed by atoms with E-state index in [1.165, 1.54) is 12.1 Å². The summed E-state index contributed by atoms with van der Waals surface area (Å²) in [5, 5.41) is 3.72. The van der Waals surface area contributed by atoms with Gasteiger partial charge >= 0.3 is 0 Å². The van der Waals surface area contributed by atoms with Crippen molar-refractivity contribution in [1.82, 2.24) is 10.2 Å². The Kier molecular flexibility index (Phi) is 5.70. The van der Waals surface area contributed by atoms with Gasteiger partial charge in [-0.15, -0.1) is 0 Å². The van der Waals surface area contributed by atoms with Crippen molar-refractivity contribution in [3.8, 4) is 5.75 Å². The average molecular weight is 410 g/mol. The summed E-state index contributed by atoms with van der Waals surface area (Å²) in [5.41, 5.74) is 0.648. The Morgan fingerprint density at radius 2 is 1.93 bits per heavy atom. The standard InChI is InChI=1S/C23H23FN2O4/c1-29-19-8-4-5-16-13-20(30-21(16)19)22(27)25-14-15-9-11-26(12-10-15)23(28)17-6-2-3-7-18(17)24/h2-8,13,15H,9-12,14H2,1H3,(H,25,27). The lowest BCUT2D eigenvalue weighted by Gasteiger charge is -2.32. The van der Waals surface area contributed by atoms with Crippen LogP contribution in [0.2, 0.25) is 0 Å². The predicted octanol–water partition coefficient (Wildman–Crippen LogP) is 3.86. The highest BCUT2D eigenvalue weighted by molar-refractivity contribution is 5.97. The highest BCUT2D eigenvalue weighted by Gasteiger charge is 2.25. The van der Waals surface area contributed by atoms with Crippen LogP contribution in [0.1, 0.15) is 33.8 Å². The third-order valence-corrected chi connectivity index (χ3v) is 5.51. The summed E-state index contributed by atoms with van der Waals surface area (Å²) in [6.07, 6.45) is 1.49. The fourth-order valence-corrected chi connectivity index (χ4v) is 3.78. The Hall–Kier alpha value is -3.35. The van der Waals surface area contributed by atoms with Crippen LogP contribution in [0.4, 0.5) is 4.39 Å². The first-order valence-corrected chi connectivity index (χ1v) is 9.95. The Bertz CT molecular complexity index is 1070. The molecule has 6 nitrogen and oxygen atoms in total. The normalized spacial score (nSPS) is 14.7. The summed E-state index contributed by atoms with van der Waals surface area (Å²) >= 11 is 0. The number of likely N-dealkylation sites (tertiary alicyclic amines) is 1. The molecule has 156 valence electrons. The first kappa shape index (κ1) is 19.9. The lowest BCUT2D eigenvalue weighted by molar-refractivity contribution is 0.0679. The summed E-state index contributed by atoms with van der Waals surface area (Å²) in [6, 6.07) is 13.2. The van der Waals surface area contributed by atoms with Crippen LogP contribution >= 0.6 is 0 Å². The molecule has 2 heterocycles. The quantitative estimate of drug-likeness (QED) is 0.693. The van der Waals surface area contributed by atoms with Crippen molar-refractivity contribution in [2.45, 2.75) is 12.8 Å². The largest absolute Gasteiger partial charge is 0.493 e. The number of hydrogen-bond acceptors (Lipinski definition) is 4. The zero-order valence-electron chi connectivity index (χ0n) is 16.7. The van der Waals surface area contributed by atoms with Gasteiger partial charge in [-0.2, -0.15) is 0 Å². The fourth-order valence-electron chi connectivity index (χ4n) is 3.78. The van der Waals surface area contributed by atoms with Crippen molar-refractivity contribution in [3.05, 3.63) is 65.7 Å². The number of halogens is 1. The molecule has 0 spiro atoms. The van der Waals surface area contributed by atoms with Crippen molar-refractivity contribution in [1.29, 1.82) is 0 Å². The van der Waals surface area contributed by atoms with Crippen molar-refractivity contribution in [2.75, 3.05) is 26.7 Å². The number of para-hydroxylation sites is 1. The van der Waals surface area contributed by atoms with Gasteiger partial charge in [0.1, 0.15) is 5.82 Å². The van der Waals surface area contributed by atoms with E-state index in [2.05, 4.69) is 5.32 Å². The number of piperidine rings is 1. The Balaban J connectivity index is 1.31. The van der Waals surface area contributed by atoms with Crippen LogP contribution in [0.15, 0.2) is 52.9 Å². The van der Waals surface area contributed by atoms with Gasteiger partial charge < -0.3 is 19.4 Å². The maximum absolute atomic E-state index is 13.9. The van der Waals surface area contributed by atoms with Crippen LogP contribution in [0.5, 0.6) is 5.75 Å². The molecule has 0 bridgehead atoms. The lowest BCUT2D eigenvalue weighted by Crippen LogP contribution is -2.41. The van der Waals surface area contributed by atoms with Gasteiger partial charge in [0.05, 0.1) is 12.7 Å². The second kappa shape index (κ2) is 8.57. The number of carbonyl (C=O) groups excluding carboxylic acids is 2. The maximum atomic E-state index is 13.9. The summed E-state index contributed by atoms with van der Waals surface area (Å²) in [7, 11) is 1.56. The van der Waals surface area contributed by atoms with E-state index < -0.39 is 5.82 Å². The second-order valence-corrected chi connectivity index (χ2v) is 7.41. The molecule has 4 rings (SSSR count). The molecule has 3 aromatic rings. The zero-order valence-corrected chi connectivity index (χ0v) is 16.7. The summed E-state index contributed by atoms with van der Waals surface area (Å²) in [5.74, 6) is 0.00178. The number of ether oxygens (including phenoxy) is 1. The number of furan rings is 1. The van der Waals surface area contributed by atoms with Gasteiger partial charge in [-0.05, 0) is 43.0 Å². The molecular formula is C23H23FN2O4. The molecule has 30 heavy (non-hydrogen) atoms. The molecule has 0 radical (unpaired) electrons. The van der Waals surface area contributed by atoms with Gasteiger partial charge in [0.15, 0.2) is 17.1 Å². The topological polar surface area (TPSA) is 71.8 Å². The molecule has 0 aliphatic carbocycles. The maximum Gasteiger partial charge on any atom is 0.287 e. The Morgan fingerprint density at radius 1 is 1.17 bits per heavy atom. The van der Waals surface area contributed by atoms with Crippen LogP contribution < -0.4 is 10.1 Å². The number of nitrogens with one attached hydrogen (secondary N) is 1. The summed E-state index contributed by atoms with van der Waals surface area (Å²) in [6.45, 7) is 1.57. The number of benzene rings is 2. The number of fused-ring (bicyclic) bond motifs is 1. The smallest absolute Gasteiger partial charge is 0.287 e. The van der Waals surface area contributed by atoms with E-state index in [9.17, 15) is 14.0 Å². The first-order chi connectivity index (χ1) is 14.6. The Morgan fingerprint density at radius 3 is 2.67 bits per heavy atom. The molecule has 0 unspecified atom stereocenters. The summed E-state index contributed by atoms with van der Waals surface area (Å²) in [4.78, 5) is 26.7. The summed E-state index contributed by atoms with van der Waals surface area (Å²) < 4.78 is 24.8. The van der Waals surface area contributed by atoms with E-state index in [4.69, 9.17) is 9.15 Å². The van der Waals surface area contributed by atoms with E-state index in [1.807, 2.05) is 12.1 Å². The Labute approximate surface area is 173 Å². The third kappa shape index (κ3) is 4.01. The highest BCUT2D eigenvalue weighted by atomic mass is 19.1. The van der Waals surface area contributed by atoms with Crippen molar-refractivity contribution in [2.24, 2.45) is 5.92 Å². The molecule has 1 aliphatic rings. The van der Waals surface area contributed by atoms with E-state index in [1.54, 1.807) is 36.3 Å². The number of amides is 2. The highest BCUT2D eigenvalue weighted by Crippen LogP contribution is 2.28. The van der Waals surface area contributed by atoms with Crippen molar-refractivity contribution in [3.63, 3.8) is 0 Å². The monoisotopic (exact) mass is 410 g/mol. The van der Waals surface area contributed by atoms with Crippen LogP contribution in [-0.4, -0.2) is 43.5 Å². The molecule has 2 amide bonds. The number of carbonyl (C=O) groups is 2. The third-order valence-electron chi connectivity index (χ3n) is 5.51. The minimum absolute atomic E-state index is 0.101. The molecule has 0 saturated carbocycles. The minimum Gasteiger partial charge on any atom is -0.493 e. The van der Waals surface area contributed by atoms with Gasteiger partial charge in [0, 0.05) is 25.0 Å². The van der Waals surface area contributed by atoms with E-state index in [0.717, 1.165) is 18.2 Å². The van der Waals surface area contributed by atoms with Crippen LogP contribution in [0, 0.1) is 11.7 Å². The zero-order chi connectivity index (χ0) is 21.1. The van der Waals surface area contributed by atoms with E-state index in [0.29, 0.717) is 31.0 Å². The van der Waals surface area contributed by atoms with Crippen molar-refractivity contribution < 1.29 is 23.1 Å². The second-order valence-electron chi connectivity index (χ2n) is 7.41. The van der Waals surface area contributed by atoms with E-state index >= 15 is 0 Å². The number of methoxy groups -OCH3 is 1. The van der Waals surface area contributed by atoms with Crippen molar-refractivity contribution >= 4 is 22.8 Å². The van der Waals surface area contributed by atoms with Crippen LogP contribution in [-0.2, 0) is 0 Å². The van der Waals surface area contributed by atoms with Gasteiger partial charge in [0.25, 0.3) is 11.8 Å². The molecular weight excluding hydrogens is 387 g/mol. The van der Waals surface area contributed by atoms with Gasteiger partial charge in [-0.3, -0.25) is 9.59 Å². The molecule has 1 fully saturated rings. The number of nitrogens with zero attached hydrogens (tertiary/aromatic N) is 1. The molecule has 1 saturated heterocycles. The molecule has 2 aromatic carbocycles. The van der Waals surface area contributed by atoms with Crippen LogP contribution in [0.25, 0.3) is 11.0 Å². The molecule has 1 N–H and O–H groups in total. The number of rotatable bonds is 5. The van der Waals surface area contributed by atoms with Crippen LogP contribution in [0.3, 0.4) is 0 Å². The average Bonchev–Trinajstić information content (AvgIpc) is 3.22. The fraction of sp³-hybridized carbons (Fsp3) is 0.304.